The van der Waals surface area contributed by atoms with E-state index in [1.807, 2.05) is 12.1 Å². The average molecular weight is 483 g/mol. The Balaban J connectivity index is 1.28. The van der Waals surface area contributed by atoms with Crippen molar-refractivity contribution in [2.75, 3.05) is 31.9 Å². The Morgan fingerprint density at radius 3 is 2.60 bits per heavy atom. The number of halogens is 1. The van der Waals surface area contributed by atoms with Gasteiger partial charge in [-0.1, -0.05) is 12.1 Å². The zero-order valence-electron chi connectivity index (χ0n) is 19.6. The number of nitrogen functional groups attached to an aromatic ring is 1. The van der Waals surface area contributed by atoms with Crippen LogP contribution in [0, 0.1) is 10.8 Å². The monoisotopic (exact) mass is 482 g/mol. The van der Waals surface area contributed by atoms with Crippen molar-refractivity contribution in [2.24, 2.45) is 0 Å². The topological polar surface area (TPSA) is 129 Å². The zero-order chi connectivity index (χ0) is 24.8. The Bertz CT molecular complexity index is 1060. The largest absolute Gasteiger partial charge is 0.489 e. The molecule has 35 heavy (non-hydrogen) atoms. The first kappa shape index (κ1) is 24.6. The average Bonchev–Trinajstić information content (AvgIpc) is 2.86. The number of benzene rings is 1. The first-order chi connectivity index (χ1) is 16.9. The first-order valence-electron chi connectivity index (χ1n) is 11.8. The van der Waals surface area contributed by atoms with Crippen molar-refractivity contribution in [3.8, 4) is 5.75 Å². The minimum Gasteiger partial charge on any atom is -0.489 e. The molecule has 2 aromatic rings. The Morgan fingerprint density at radius 2 is 1.91 bits per heavy atom. The SMILES string of the molecule is N=COC(=N)c1ccccc1OC1CCN(C(=O)C2(F)CCN(Cc3ccnc(N)c3)CC2)CC1. The molecule has 0 bridgehead atoms. The summed E-state index contributed by atoms with van der Waals surface area (Å²) in [6, 6.07) is 10.7. The Labute approximate surface area is 204 Å². The highest BCUT2D eigenvalue weighted by Gasteiger charge is 2.44. The van der Waals surface area contributed by atoms with Gasteiger partial charge in [0.2, 0.25) is 5.90 Å². The summed E-state index contributed by atoms with van der Waals surface area (Å²) in [4.78, 5) is 20.8. The number of nitrogens with one attached hydrogen (secondary N) is 2. The molecule has 1 aromatic heterocycles. The number of piperidine rings is 2. The molecule has 186 valence electrons. The molecule has 1 aromatic carbocycles. The second-order valence-corrected chi connectivity index (χ2v) is 9.00. The predicted octanol–water partition coefficient (Wildman–Crippen LogP) is 2.99. The van der Waals surface area contributed by atoms with Crippen molar-refractivity contribution < 1.29 is 18.7 Å². The molecule has 0 radical (unpaired) electrons. The minimum absolute atomic E-state index is 0.154. The van der Waals surface area contributed by atoms with Crippen molar-refractivity contribution in [1.82, 2.24) is 14.8 Å². The number of para-hydroxylation sites is 1. The number of nitrogens with two attached hydrogens (primary N) is 1. The van der Waals surface area contributed by atoms with E-state index in [1.54, 1.807) is 35.4 Å². The minimum atomic E-state index is -1.84. The summed E-state index contributed by atoms with van der Waals surface area (Å²) in [7, 11) is 0. The fourth-order valence-electron chi connectivity index (χ4n) is 4.65. The maximum Gasteiger partial charge on any atom is 0.260 e. The van der Waals surface area contributed by atoms with Crippen LogP contribution in [0.1, 0.15) is 36.8 Å². The molecule has 0 spiro atoms. The van der Waals surface area contributed by atoms with Crippen LogP contribution in [0.15, 0.2) is 42.6 Å². The van der Waals surface area contributed by atoms with Crippen molar-refractivity contribution in [3.63, 3.8) is 0 Å². The predicted molar refractivity (Wildman–Crippen MR) is 130 cm³/mol. The molecule has 2 aliphatic heterocycles. The van der Waals surface area contributed by atoms with E-state index in [0.29, 0.717) is 69.1 Å². The first-order valence-corrected chi connectivity index (χ1v) is 11.8. The molecule has 1 amide bonds. The normalized spacial score (nSPS) is 18.6. The highest BCUT2D eigenvalue weighted by molar-refractivity contribution is 5.97. The van der Waals surface area contributed by atoms with Crippen LogP contribution in [-0.4, -0.2) is 70.9 Å². The number of aromatic nitrogens is 1. The molecule has 0 unspecified atom stereocenters. The van der Waals surface area contributed by atoms with E-state index in [0.717, 1.165) is 5.56 Å². The number of rotatable bonds is 7. The third-order valence-electron chi connectivity index (χ3n) is 6.61. The molecule has 2 saturated heterocycles. The fourth-order valence-corrected chi connectivity index (χ4v) is 4.65. The van der Waals surface area contributed by atoms with E-state index in [-0.39, 0.29) is 24.8 Å². The molecule has 0 atom stereocenters. The van der Waals surface area contributed by atoms with Gasteiger partial charge in [0.15, 0.2) is 12.1 Å². The number of ether oxygens (including phenoxy) is 2. The van der Waals surface area contributed by atoms with Gasteiger partial charge in [-0.25, -0.2) is 9.37 Å². The van der Waals surface area contributed by atoms with Crippen LogP contribution in [0.3, 0.4) is 0 Å². The Morgan fingerprint density at radius 1 is 1.20 bits per heavy atom. The zero-order valence-corrected chi connectivity index (χ0v) is 19.6. The molecule has 0 aliphatic carbocycles. The number of alkyl halides is 1. The molecule has 4 rings (SSSR count). The van der Waals surface area contributed by atoms with Gasteiger partial charge < -0.3 is 20.1 Å². The Hall–Kier alpha value is -3.53. The van der Waals surface area contributed by atoms with E-state index >= 15 is 4.39 Å². The summed E-state index contributed by atoms with van der Waals surface area (Å²) in [5, 5.41) is 15.0. The van der Waals surface area contributed by atoms with Gasteiger partial charge in [-0.2, -0.15) is 0 Å². The molecule has 2 fully saturated rings. The molecule has 2 aliphatic rings. The summed E-state index contributed by atoms with van der Waals surface area (Å²) in [6.07, 6.45) is 3.71. The van der Waals surface area contributed by atoms with Gasteiger partial charge in [-0.3, -0.25) is 20.5 Å². The molecule has 9 nitrogen and oxygen atoms in total. The molecule has 10 heteroatoms. The number of likely N-dealkylation sites (tertiary alicyclic amines) is 2. The standard InChI is InChI=1S/C25H31FN6O3/c26-25(8-13-31(14-9-25)16-18-5-10-30-22(28)15-18)24(33)32-11-6-19(7-12-32)35-21-4-2-1-3-20(21)23(29)34-17-27/h1-5,10,15,17,19,27,29H,6-9,11-14,16H2,(H2,28,30). The smallest absolute Gasteiger partial charge is 0.260 e. The van der Waals surface area contributed by atoms with Gasteiger partial charge in [0.05, 0.1) is 5.56 Å². The van der Waals surface area contributed by atoms with E-state index in [1.165, 1.54) is 0 Å². The number of hydrogen-bond donors (Lipinski definition) is 3. The van der Waals surface area contributed by atoms with Gasteiger partial charge in [-0.15, -0.1) is 0 Å². The van der Waals surface area contributed by atoms with E-state index in [9.17, 15) is 4.79 Å². The lowest BCUT2D eigenvalue weighted by atomic mass is 9.90. The fraction of sp³-hybridized carbons (Fsp3) is 0.440. The highest BCUT2D eigenvalue weighted by Crippen LogP contribution is 2.31. The Kier molecular flexibility index (Phi) is 7.60. The molecule has 3 heterocycles. The number of hydrogen-bond acceptors (Lipinski definition) is 8. The van der Waals surface area contributed by atoms with Crippen LogP contribution in [-0.2, 0) is 16.1 Å². The van der Waals surface area contributed by atoms with Crippen LogP contribution in [0.2, 0.25) is 0 Å². The van der Waals surface area contributed by atoms with Crippen molar-refractivity contribution in [1.29, 1.82) is 10.8 Å². The number of pyridine rings is 1. The molecular weight excluding hydrogens is 451 g/mol. The van der Waals surface area contributed by atoms with E-state index < -0.39 is 11.6 Å². The number of carbonyl (C=O) groups excluding carboxylic acids is 1. The van der Waals surface area contributed by atoms with Crippen molar-refractivity contribution in [2.45, 2.75) is 44.0 Å². The third kappa shape index (κ3) is 5.94. The summed E-state index contributed by atoms with van der Waals surface area (Å²) < 4.78 is 26.6. The number of nitrogens with zero attached hydrogens (tertiary/aromatic N) is 3. The maximum absolute atomic E-state index is 15.7. The van der Waals surface area contributed by atoms with Crippen molar-refractivity contribution in [3.05, 3.63) is 53.7 Å². The van der Waals surface area contributed by atoms with E-state index in [4.69, 9.17) is 26.0 Å². The van der Waals surface area contributed by atoms with Gasteiger partial charge >= 0.3 is 0 Å². The molecule has 4 N–H and O–H groups in total. The van der Waals surface area contributed by atoms with Gasteiger partial charge in [-0.05, 0) is 29.8 Å². The van der Waals surface area contributed by atoms with Crippen LogP contribution >= 0.6 is 0 Å². The van der Waals surface area contributed by atoms with E-state index in [2.05, 4.69) is 9.88 Å². The summed E-state index contributed by atoms with van der Waals surface area (Å²) in [5.74, 6) is 0.365. The summed E-state index contributed by atoms with van der Waals surface area (Å²) in [6.45, 7) is 2.51. The molecule has 0 saturated carbocycles. The second-order valence-electron chi connectivity index (χ2n) is 9.00. The maximum atomic E-state index is 15.7. The van der Waals surface area contributed by atoms with Gasteiger partial charge in [0.25, 0.3) is 5.91 Å². The lowest BCUT2D eigenvalue weighted by Gasteiger charge is -2.40. The summed E-state index contributed by atoms with van der Waals surface area (Å²) in [5.41, 5.74) is 5.39. The van der Waals surface area contributed by atoms with Crippen molar-refractivity contribution >= 4 is 24.0 Å². The second kappa shape index (κ2) is 10.8. The van der Waals surface area contributed by atoms with Crippen LogP contribution in [0.4, 0.5) is 10.2 Å². The highest BCUT2D eigenvalue weighted by atomic mass is 19.1. The lowest BCUT2D eigenvalue weighted by molar-refractivity contribution is -0.149. The quantitative estimate of drug-likeness (QED) is 0.411. The lowest BCUT2D eigenvalue weighted by Crippen LogP contribution is -2.54. The third-order valence-corrected chi connectivity index (χ3v) is 6.61. The van der Waals surface area contributed by atoms with Gasteiger partial charge in [0.1, 0.15) is 17.7 Å². The number of carbonyl (C=O) groups is 1. The number of anilines is 1. The van der Waals surface area contributed by atoms with Crippen LogP contribution in [0.25, 0.3) is 0 Å². The van der Waals surface area contributed by atoms with Crippen LogP contribution in [0.5, 0.6) is 5.75 Å². The number of amides is 1. The van der Waals surface area contributed by atoms with Crippen LogP contribution < -0.4 is 10.5 Å². The molecular formula is C25H31FN6O3. The summed E-state index contributed by atoms with van der Waals surface area (Å²) >= 11 is 0. The van der Waals surface area contributed by atoms with Gasteiger partial charge in [0, 0.05) is 64.6 Å².